The summed E-state index contributed by atoms with van der Waals surface area (Å²) in [7, 11) is 0. The maximum atomic E-state index is 13.7. The maximum Gasteiger partial charge on any atom is 0.303 e. The van der Waals surface area contributed by atoms with E-state index in [1.165, 1.54) is 18.2 Å². The number of carboxylic acid groups (broad SMARTS) is 1. The van der Waals surface area contributed by atoms with Crippen molar-refractivity contribution in [3.05, 3.63) is 48.0 Å². The number of furan rings is 1. The zero-order valence-corrected chi connectivity index (χ0v) is 12.0. The third-order valence-corrected chi connectivity index (χ3v) is 3.14. The van der Waals surface area contributed by atoms with Crippen LogP contribution in [0.5, 0.6) is 0 Å². The fraction of sp³-hybridized carbons (Fsp3) is 0.250. The molecular formula is C16H16FNO4. The largest absolute Gasteiger partial charge is 0.481 e. The number of rotatable bonds is 6. The van der Waals surface area contributed by atoms with Crippen LogP contribution in [0.15, 0.2) is 40.8 Å². The minimum atomic E-state index is -0.916. The average molecular weight is 305 g/mol. The minimum Gasteiger partial charge on any atom is -0.481 e. The summed E-state index contributed by atoms with van der Waals surface area (Å²) >= 11 is 0. The maximum absolute atomic E-state index is 13.7. The van der Waals surface area contributed by atoms with Gasteiger partial charge in [0.1, 0.15) is 11.6 Å². The number of hydrogen-bond donors (Lipinski definition) is 2. The normalized spacial score (nSPS) is 11.9. The fourth-order valence-electron chi connectivity index (χ4n) is 1.97. The average Bonchev–Trinajstić information content (AvgIpc) is 2.95. The zero-order valence-electron chi connectivity index (χ0n) is 12.0. The van der Waals surface area contributed by atoms with Crippen LogP contribution in [-0.2, 0) is 4.79 Å². The number of carbonyl (C=O) groups excluding carboxylic acids is 1. The topological polar surface area (TPSA) is 79.5 Å². The van der Waals surface area contributed by atoms with Gasteiger partial charge in [0, 0.05) is 12.5 Å². The van der Waals surface area contributed by atoms with Gasteiger partial charge in [-0.15, -0.1) is 0 Å². The molecule has 5 nitrogen and oxygen atoms in total. The van der Waals surface area contributed by atoms with Gasteiger partial charge in [0.25, 0.3) is 5.91 Å². The second-order valence-electron chi connectivity index (χ2n) is 4.95. The number of halogens is 1. The van der Waals surface area contributed by atoms with Crippen LogP contribution >= 0.6 is 0 Å². The number of aliphatic carboxylic acids is 1. The number of amides is 1. The summed E-state index contributed by atoms with van der Waals surface area (Å²) in [6.45, 7) is 1.71. The lowest BCUT2D eigenvalue weighted by Gasteiger charge is -2.11. The molecule has 0 saturated carbocycles. The van der Waals surface area contributed by atoms with Crippen molar-refractivity contribution in [1.29, 1.82) is 0 Å². The second kappa shape index (κ2) is 6.89. The molecule has 0 aliphatic rings. The van der Waals surface area contributed by atoms with E-state index in [1.54, 1.807) is 25.1 Å². The van der Waals surface area contributed by atoms with E-state index in [1.807, 2.05) is 0 Å². The Bertz CT molecular complexity index is 680. The third kappa shape index (κ3) is 3.94. The van der Waals surface area contributed by atoms with Gasteiger partial charge in [-0.3, -0.25) is 9.59 Å². The molecule has 0 aliphatic carbocycles. The van der Waals surface area contributed by atoms with Gasteiger partial charge >= 0.3 is 5.97 Å². The van der Waals surface area contributed by atoms with Crippen LogP contribution < -0.4 is 5.32 Å². The summed E-state index contributed by atoms with van der Waals surface area (Å²) in [6, 6.07) is 8.80. The summed E-state index contributed by atoms with van der Waals surface area (Å²) in [4.78, 5) is 22.5. The lowest BCUT2D eigenvalue weighted by Crippen LogP contribution is -2.32. The summed E-state index contributed by atoms with van der Waals surface area (Å²) in [5.74, 6) is -1.48. The highest BCUT2D eigenvalue weighted by Crippen LogP contribution is 2.24. The summed E-state index contributed by atoms with van der Waals surface area (Å²) in [6.07, 6.45) is 0.294. The van der Waals surface area contributed by atoms with Crippen LogP contribution in [0.2, 0.25) is 0 Å². The van der Waals surface area contributed by atoms with Crippen molar-refractivity contribution in [2.24, 2.45) is 0 Å². The van der Waals surface area contributed by atoms with Crippen LogP contribution in [0.3, 0.4) is 0 Å². The van der Waals surface area contributed by atoms with Crippen LogP contribution in [0.4, 0.5) is 4.39 Å². The molecule has 0 bridgehead atoms. The van der Waals surface area contributed by atoms with Crippen molar-refractivity contribution in [2.75, 3.05) is 0 Å². The van der Waals surface area contributed by atoms with Crippen LogP contribution in [0.1, 0.15) is 30.3 Å². The highest BCUT2D eigenvalue weighted by atomic mass is 19.1. The van der Waals surface area contributed by atoms with Gasteiger partial charge in [-0.1, -0.05) is 12.1 Å². The van der Waals surface area contributed by atoms with Gasteiger partial charge in [0.15, 0.2) is 5.76 Å². The van der Waals surface area contributed by atoms with E-state index in [9.17, 15) is 14.0 Å². The van der Waals surface area contributed by atoms with Crippen molar-refractivity contribution in [2.45, 2.75) is 25.8 Å². The molecule has 1 heterocycles. The minimum absolute atomic E-state index is 0.0277. The summed E-state index contributed by atoms with van der Waals surface area (Å²) in [5, 5.41) is 11.2. The number of benzene rings is 1. The molecule has 6 heteroatoms. The molecule has 2 N–H and O–H groups in total. The Morgan fingerprint density at radius 3 is 2.68 bits per heavy atom. The van der Waals surface area contributed by atoms with E-state index in [0.717, 1.165) is 0 Å². The monoisotopic (exact) mass is 305 g/mol. The van der Waals surface area contributed by atoms with Gasteiger partial charge in [0.05, 0.1) is 5.56 Å². The van der Waals surface area contributed by atoms with Gasteiger partial charge < -0.3 is 14.8 Å². The van der Waals surface area contributed by atoms with Crippen molar-refractivity contribution in [3.63, 3.8) is 0 Å². The first-order valence-corrected chi connectivity index (χ1v) is 6.84. The standard InChI is InChI=1S/C16H16FNO4/c1-10(6-9-15(19)20)18-16(21)14-8-7-13(22-14)11-4-2-3-5-12(11)17/h2-5,7-8,10H,6,9H2,1H3,(H,18,21)(H,19,20). The molecule has 1 atom stereocenters. The molecule has 22 heavy (non-hydrogen) atoms. The lowest BCUT2D eigenvalue weighted by atomic mass is 10.1. The van der Waals surface area contributed by atoms with Crippen molar-refractivity contribution < 1.29 is 23.5 Å². The van der Waals surface area contributed by atoms with Gasteiger partial charge in [-0.2, -0.15) is 0 Å². The highest BCUT2D eigenvalue weighted by molar-refractivity contribution is 5.92. The molecule has 0 radical (unpaired) electrons. The quantitative estimate of drug-likeness (QED) is 0.859. The second-order valence-corrected chi connectivity index (χ2v) is 4.95. The van der Waals surface area contributed by atoms with Crippen molar-refractivity contribution >= 4 is 11.9 Å². The molecule has 0 saturated heterocycles. The Morgan fingerprint density at radius 2 is 2.00 bits per heavy atom. The first-order chi connectivity index (χ1) is 10.5. The van der Waals surface area contributed by atoms with Crippen LogP contribution in [0, 0.1) is 5.82 Å². The van der Waals surface area contributed by atoms with E-state index < -0.39 is 17.7 Å². The molecule has 1 aromatic carbocycles. The third-order valence-electron chi connectivity index (χ3n) is 3.14. The molecule has 0 fully saturated rings. The molecular weight excluding hydrogens is 289 g/mol. The molecule has 0 aliphatic heterocycles. The van der Waals surface area contributed by atoms with Gasteiger partial charge in [-0.05, 0) is 37.6 Å². The first kappa shape index (κ1) is 15.8. The zero-order chi connectivity index (χ0) is 16.1. The van der Waals surface area contributed by atoms with Crippen LogP contribution in [0.25, 0.3) is 11.3 Å². The first-order valence-electron chi connectivity index (χ1n) is 6.84. The summed E-state index contributed by atoms with van der Waals surface area (Å²) < 4.78 is 19.0. The predicted octanol–water partition coefficient (Wildman–Crippen LogP) is 3.07. The highest BCUT2D eigenvalue weighted by Gasteiger charge is 2.16. The summed E-state index contributed by atoms with van der Waals surface area (Å²) in [5.41, 5.74) is 0.278. The molecule has 2 rings (SSSR count). The Kier molecular flexibility index (Phi) is 4.93. The van der Waals surface area contributed by atoms with Crippen molar-refractivity contribution in [1.82, 2.24) is 5.32 Å². The Balaban J connectivity index is 2.03. The number of carboxylic acids is 1. The van der Waals surface area contributed by atoms with E-state index in [4.69, 9.17) is 9.52 Å². The Morgan fingerprint density at radius 1 is 1.27 bits per heavy atom. The van der Waals surface area contributed by atoms with Gasteiger partial charge in [0.2, 0.25) is 0 Å². The van der Waals surface area contributed by atoms with E-state index in [0.29, 0.717) is 6.42 Å². The Hall–Kier alpha value is -2.63. The van der Waals surface area contributed by atoms with Crippen LogP contribution in [-0.4, -0.2) is 23.0 Å². The smallest absolute Gasteiger partial charge is 0.303 e. The van der Waals surface area contributed by atoms with E-state index >= 15 is 0 Å². The van der Waals surface area contributed by atoms with Gasteiger partial charge in [-0.25, -0.2) is 4.39 Å². The fourth-order valence-corrected chi connectivity index (χ4v) is 1.97. The molecule has 2 aromatic rings. The number of hydrogen-bond acceptors (Lipinski definition) is 3. The lowest BCUT2D eigenvalue weighted by molar-refractivity contribution is -0.137. The van der Waals surface area contributed by atoms with E-state index in [-0.39, 0.29) is 29.5 Å². The molecule has 1 amide bonds. The molecule has 1 unspecified atom stereocenters. The number of nitrogens with one attached hydrogen (secondary N) is 1. The Labute approximate surface area is 126 Å². The van der Waals surface area contributed by atoms with E-state index in [2.05, 4.69) is 5.32 Å². The predicted molar refractivity (Wildman–Crippen MR) is 77.9 cm³/mol. The number of carbonyl (C=O) groups is 2. The molecule has 116 valence electrons. The van der Waals surface area contributed by atoms with Crippen molar-refractivity contribution in [3.8, 4) is 11.3 Å². The molecule has 1 aromatic heterocycles. The SMILES string of the molecule is CC(CCC(=O)O)NC(=O)c1ccc(-c2ccccc2F)o1. The molecule has 0 spiro atoms.